The summed E-state index contributed by atoms with van der Waals surface area (Å²) in [4.78, 5) is 4.07. The SMILES string of the molecule is COc1cnccc1C(NN)C1CCCC1. The van der Waals surface area contributed by atoms with Gasteiger partial charge < -0.3 is 4.74 Å². The Balaban J connectivity index is 2.24. The molecule has 1 unspecified atom stereocenters. The Labute approximate surface area is 96.2 Å². The molecule has 0 spiro atoms. The van der Waals surface area contributed by atoms with Crippen LogP contribution in [0.2, 0.25) is 0 Å². The molecule has 3 N–H and O–H groups in total. The minimum Gasteiger partial charge on any atom is -0.495 e. The Morgan fingerprint density at radius 2 is 2.25 bits per heavy atom. The highest BCUT2D eigenvalue weighted by Crippen LogP contribution is 2.37. The van der Waals surface area contributed by atoms with Crippen LogP contribution in [-0.2, 0) is 0 Å². The number of hydrogen-bond donors (Lipinski definition) is 2. The number of nitrogens with zero attached hydrogens (tertiary/aromatic N) is 1. The number of rotatable bonds is 4. The molecule has 16 heavy (non-hydrogen) atoms. The molecule has 0 saturated heterocycles. The molecule has 4 nitrogen and oxygen atoms in total. The second kappa shape index (κ2) is 5.27. The molecule has 0 amide bonds. The smallest absolute Gasteiger partial charge is 0.141 e. The zero-order chi connectivity index (χ0) is 11.4. The maximum atomic E-state index is 5.68. The third-order valence-electron chi connectivity index (χ3n) is 3.42. The molecule has 0 bridgehead atoms. The fraction of sp³-hybridized carbons (Fsp3) is 0.583. The van der Waals surface area contributed by atoms with E-state index in [2.05, 4.69) is 10.4 Å². The summed E-state index contributed by atoms with van der Waals surface area (Å²) in [5.41, 5.74) is 4.04. The predicted molar refractivity (Wildman–Crippen MR) is 62.8 cm³/mol. The van der Waals surface area contributed by atoms with Crippen molar-refractivity contribution >= 4 is 0 Å². The fourth-order valence-corrected chi connectivity index (χ4v) is 2.59. The highest BCUT2D eigenvalue weighted by Gasteiger charge is 2.27. The largest absolute Gasteiger partial charge is 0.495 e. The Morgan fingerprint density at radius 3 is 2.88 bits per heavy atom. The van der Waals surface area contributed by atoms with Crippen LogP contribution in [0.5, 0.6) is 5.75 Å². The van der Waals surface area contributed by atoms with Gasteiger partial charge in [-0.15, -0.1) is 0 Å². The second-order valence-electron chi connectivity index (χ2n) is 4.31. The summed E-state index contributed by atoms with van der Waals surface area (Å²) in [6, 6.07) is 2.17. The van der Waals surface area contributed by atoms with Crippen LogP contribution in [0.4, 0.5) is 0 Å². The highest BCUT2D eigenvalue weighted by atomic mass is 16.5. The molecule has 0 aromatic carbocycles. The van der Waals surface area contributed by atoms with Gasteiger partial charge in [-0.25, -0.2) is 0 Å². The second-order valence-corrected chi connectivity index (χ2v) is 4.31. The molecule has 0 aliphatic heterocycles. The first-order valence-corrected chi connectivity index (χ1v) is 5.81. The Bertz CT molecular complexity index is 337. The third-order valence-corrected chi connectivity index (χ3v) is 3.42. The summed E-state index contributed by atoms with van der Waals surface area (Å²) in [7, 11) is 1.67. The van der Waals surface area contributed by atoms with Gasteiger partial charge in [-0.05, 0) is 24.8 Å². The monoisotopic (exact) mass is 221 g/mol. The normalized spacial score (nSPS) is 18.6. The number of nitrogens with one attached hydrogen (secondary N) is 1. The highest BCUT2D eigenvalue weighted by molar-refractivity contribution is 5.33. The molecule has 4 heteroatoms. The van der Waals surface area contributed by atoms with E-state index in [1.807, 2.05) is 6.07 Å². The summed E-state index contributed by atoms with van der Waals surface area (Å²) in [6.07, 6.45) is 8.61. The maximum Gasteiger partial charge on any atom is 0.141 e. The van der Waals surface area contributed by atoms with Crippen molar-refractivity contribution in [1.82, 2.24) is 10.4 Å². The minimum atomic E-state index is 0.181. The van der Waals surface area contributed by atoms with Gasteiger partial charge in [0.25, 0.3) is 0 Å². The van der Waals surface area contributed by atoms with Crippen LogP contribution in [-0.4, -0.2) is 12.1 Å². The van der Waals surface area contributed by atoms with Gasteiger partial charge in [0.05, 0.1) is 19.3 Å². The van der Waals surface area contributed by atoms with Crippen LogP contribution < -0.4 is 16.0 Å². The first-order valence-electron chi connectivity index (χ1n) is 5.81. The van der Waals surface area contributed by atoms with E-state index in [0.717, 1.165) is 11.3 Å². The molecule has 1 atom stereocenters. The topological polar surface area (TPSA) is 60.2 Å². The van der Waals surface area contributed by atoms with E-state index in [4.69, 9.17) is 10.6 Å². The Kier molecular flexibility index (Phi) is 3.74. The van der Waals surface area contributed by atoms with Gasteiger partial charge in [-0.2, -0.15) is 0 Å². The quantitative estimate of drug-likeness (QED) is 0.601. The average molecular weight is 221 g/mol. The predicted octanol–water partition coefficient (Wildman–Crippen LogP) is 1.78. The van der Waals surface area contributed by atoms with Crippen LogP contribution in [0.15, 0.2) is 18.5 Å². The van der Waals surface area contributed by atoms with Crippen LogP contribution in [0, 0.1) is 5.92 Å². The van der Waals surface area contributed by atoms with Crippen LogP contribution >= 0.6 is 0 Å². The van der Waals surface area contributed by atoms with Gasteiger partial charge in [-0.3, -0.25) is 16.3 Å². The molecular weight excluding hydrogens is 202 g/mol. The van der Waals surface area contributed by atoms with Crippen molar-refractivity contribution in [3.8, 4) is 5.75 Å². The van der Waals surface area contributed by atoms with Gasteiger partial charge >= 0.3 is 0 Å². The molecule has 1 aliphatic rings. The van der Waals surface area contributed by atoms with Crippen molar-refractivity contribution in [2.24, 2.45) is 11.8 Å². The lowest BCUT2D eigenvalue weighted by molar-refractivity contribution is 0.347. The Hall–Kier alpha value is -1.13. The van der Waals surface area contributed by atoms with Crippen LogP contribution in [0.3, 0.4) is 0 Å². The van der Waals surface area contributed by atoms with Crippen molar-refractivity contribution in [2.45, 2.75) is 31.7 Å². The number of methoxy groups -OCH3 is 1. The minimum absolute atomic E-state index is 0.181. The third kappa shape index (κ3) is 2.18. The molecule has 88 valence electrons. The average Bonchev–Trinajstić information content (AvgIpc) is 2.84. The van der Waals surface area contributed by atoms with E-state index < -0.39 is 0 Å². The van der Waals surface area contributed by atoms with E-state index in [-0.39, 0.29) is 6.04 Å². The van der Waals surface area contributed by atoms with E-state index >= 15 is 0 Å². The van der Waals surface area contributed by atoms with E-state index in [1.54, 1.807) is 19.5 Å². The number of pyridine rings is 1. The molecular formula is C12H19N3O. The standard InChI is InChI=1S/C12H19N3O/c1-16-11-8-14-7-6-10(11)12(15-13)9-4-2-3-5-9/h6-9,12,15H,2-5,13H2,1H3. The van der Waals surface area contributed by atoms with Crippen molar-refractivity contribution in [3.05, 3.63) is 24.0 Å². The number of aromatic nitrogens is 1. The van der Waals surface area contributed by atoms with Crippen molar-refractivity contribution < 1.29 is 4.74 Å². The van der Waals surface area contributed by atoms with E-state index in [0.29, 0.717) is 5.92 Å². The van der Waals surface area contributed by atoms with Gasteiger partial charge in [0.15, 0.2) is 0 Å². The zero-order valence-corrected chi connectivity index (χ0v) is 9.65. The van der Waals surface area contributed by atoms with Gasteiger partial charge in [0, 0.05) is 11.8 Å². The number of nitrogens with two attached hydrogens (primary N) is 1. The van der Waals surface area contributed by atoms with Crippen molar-refractivity contribution in [3.63, 3.8) is 0 Å². The summed E-state index contributed by atoms with van der Waals surface area (Å²) in [5.74, 6) is 7.11. The van der Waals surface area contributed by atoms with Crippen molar-refractivity contribution in [1.29, 1.82) is 0 Å². The summed E-state index contributed by atoms with van der Waals surface area (Å²) >= 11 is 0. The van der Waals surface area contributed by atoms with Gasteiger partial charge in [0.1, 0.15) is 5.75 Å². The molecule has 0 radical (unpaired) electrons. The molecule has 1 aliphatic carbocycles. The molecule has 1 heterocycles. The lowest BCUT2D eigenvalue weighted by Gasteiger charge is -2.24. The molecule has 1 saturated carbocycles. The summed E-state index contributed by atoms with van der Waals surface area (Å²) < 4.78 is 5.33. The lowest BCUT2D eigenvalue weighted by atomic mass is 9.92. The van der Waals surface area contributed by atoms with Crippen LogP contribution in [0.25, 0.3) is 0 Å². The van der Waals surface area contributed by atoms with Crippen molar-refractivity contribution in [2.75, 3.05) is 7.11 Å². The van der Waals surface area contributed by atoms with Crippen LogP contribution in [0.1, 0.15) is 37.3 Å². The molecule has 2 rings (SSSR count). The van der Waals surface area contributed by atoms with E-state index in [1.165, 1.54) is 25.7 Å². The first kappa shape index (κ1) is 11.4. The van der Waals surface area contributed by atoms with E-state index in [9.17, 15) is 0 Å². The Morgan fingerprint density at radius 1 is 1.50 bits per heavy atom. The fourth-order valence-electron chi connectivity index (χ4n) is 2.59. The maximum absolute atomic E-state index is 5.68. The van der Waals surface area contributed by atoms with Gasteiger partial charge in [-0.1, -0.05) is 12.8 Å². The number of hydrogen-bond acceptors (Lipinski definition) is 4. The number of hydrazine groups is 1. The molecule has 1 aromatic rings. The zero-order valence-electron chi connectivity index (χ0n) is 9.65. The molecule has 1 aromatic heterocycles. The molecule has 1 fully saturated rings. The first-order chi connectivity index (χ1) is 7.86. The lowest BCUT2D eigenvalue weighted by Crippen LogP contribution is -2.33. The summed E-state index contributed by atoms with van der Waals surface area (Å²) in [5, 5.41) is 0. The number of ether oxygens (including phenoxy) is 1. The van der Waals surface area contributed by atoms with Gasteiger partial charge in [0.2, 0.25) is 0 Å². The summed E-state index contributed by atoms with van der Waals surface area (Å²) in [6.45, 7) is 0.